The van der Waals surface area contributed by atoms with E-state index in [9.17, 15) is 5.11 Å². The van der Waals surface area contributed by atoms with Crippen LogP contribution in [0.15, 0.2) is 133 Å². The Kier molecular flexibility index (Phi) is 7.53. The van der Waals surface area contributed by atoms with Crippen LogP contribution in [0.2, 0.25) is 0 Å². The molecule has 7 aromatic carbocycles. The average molecular weight is 621 g/mol. The summed E-state index contributed by atoms with van der Waals surface area (Å²) in [6, 6.07) is 45.7. The average Bonchev–Trinajstić information content (AvgIpc) is 3.51. The number of hydrogen-bond donors (Lipinski definition) is 1. The maximum Gasteiger partial charge on any atom is 0.143 e. The third-order valence-corrected chi connectivity index (χ3v) is 9.77. The van der Waals surface area contributed by atoms with Gasteiger partial charge >= 0.3 is 0 Å². The summed E-state index contributed by atoms with van der Waals surface area (Å²) in [7, 11) is 3.32. The van der Waals surface area contributed by atoms with Crippen molar-refractivity contribution in [1.29, 1.82) is 0 Å². The largest absolute Gasteiger partial charge is 0.497 e. The smallest absolute Gasteiger partial charge is 0.143 e. The van der Waals surface area contributed by atoms with E-state index in [1.54, 1.807) is 14.2 Å². The summed E-state index contributed by atoms with van der Waals surface area (Å²) in [6.45, 7) is 0.177. The van der Waals surface area contributed by atoms with Crippen LogP contribution in [0.5, 0.6) is 11.5 Å². The van der Waals surface area contributed by atoms with Gasteiger partial charge in [-0.25, -0.2) is 0 Å². The highest BCUT2D eigenvalue weighted by atomic mass is 16.6. The predicted molar refractivity (Wildman–Crippen MR) is 187 cm³/mol. The van der Waals surface area contributed by atoms with E-state index in [0.717, 1.165) is 33.8 Å². The van der Waals surface area contributed by atoms with Gasteiger partial charge in [0.2, 0.25) is 0 Å². The highest BCUT2D eigenvalue weighted by molar-refractivity contribution is 6.23. The van der Waals surface area contributed by atoms with E-state index in [-0.39, 0.29) is 12.7 Å². The number of ether oxygens (including phenoxy) is 4. The molecule has 0 spiro atoms. The third kappa shape index (κ3) is 4.99. The molecule has 5 nitrogen and oxygen atoms in total. The Balaban J connectivity index is 1.16. The van der Waals surface area contributed by atoms with E-state index in [1.807, 2.05) is 66.7 Å². The molecule has 0 unspecified atom stereocenters. The molecule has 0 aliphatic carbocycles. The molecule has 8 rings (SSSR count). The number of hydrogen-bond acceptors (Lipinski definition) is 5. The molecule has 1 aliphatic rings. The monoisotopic (exact) mass is 620 g/mol. The van der Waals surface area contributed by atoms with Crippen molar-refractivity contribution in [2.45, 2.75) is 30.3 Å². The Labute approximate surface area is 274 Å². The minimum absolute atomic E-state index is 0.177. The van der Waals surface area contributed by atoms with Crippen LogP contribution in [0, 0.1) is 0 Å². The van der Waals surface area contributed by atoms with Crippen LogP contribution in [0.25, 0.3) is 32.3 Å². The Bertz CT molecular complexity index is 2080. The third-order valence-electron chi connectivity index (χ3n) is 9.77. The minimum Gasteiger partial charge on any atom is -0.497 e. The number of aliphatic hydroxyl groups excluding tert-OH is 1. The highest BCUT2D eigenvalue weighted by Gasteiger charge is 2.42. The van der Waals surface area contributed by atoms with Crippen LogP contribution in [0.4, 0.5) is 0 Å². The zero-order valence-electron chi connectivity index (χ0n) is 26.4. The van der Waals surface area contributed by atoms with E-state index in [4.69, 9.17) is 18.9 Å². The lowest BCUT2D eigenvalue weighted by Gasteiger charge is -2.37. The summed E-state index contributed by atoms with van der Waals surface area (Å²) in [5.41, 5.74) is 2.94. The molecule has 1 N–H and O–H groups in total. The molecule has 7 aromatic rings. The first kappa shape index (κ1) is 29.5. The maximum atomic E-state index is 11.5. The van der Waals surface area contributed by atoms with Crippen molar-refractivity contribution in [3.8, 4) is 11.5 Å². The molecule has 0 bridgehead atoms. The Morgan fingerprint density at radius 1 is 0.617 bits per heavy atom. The summed E-state index contributed by atoms with van der Waals surface area (Å²) in [5, 5.41) is 18.8. The van der Waals surface area contributed by atoms with Crippen LogP contribution in [0.1, 0.15) is 34.8 Å². The first-order valence-electron chi connectivity index (χ1n) is 16.1. The van der Waals surface area contributed by atoms with Gasteiger partial charge in [-0.05, 0) is 78.8 Å². The SMILES string of the molecule is COc1ccc(C(OC[C@H]2O[C@@H](c3ccc4ccc5cccc6ccc3c4c56)C[C@@H]2O)(c2ccccc2)c2ccc(OC)cc2)cc1. The van der Waals surface area contributed by atoms with Gasteiger partial charge in [0.05, 0.1) is 33.0 Å². The molecule has 0 saturated carbocycles. The summed E-state index contributed by atoms with van der Waals surface area (Å²) < 4.78 is 24.8. The van der Waals surface area contributed by atoms with Gasteiger partial charge in [-0.15, -0.1) is 0 Å². The zero-order valence-corrected chi connectivity index (χ0v) is 26.4. The second-order valence-electron chi connectivity index (χ2n) is 12.3. The molecule has 0 radical (unpaired) electrons. The fraction of sp³-hybridized carbons (Fsp3) is 0.190. The van der Waals surface area contributed by atoms with E-state index >= 15 is 0 Å². The van der Waals surface area contributed by atoms with Gasteiger partial charge in [0, 0.05) is 6.42 Å². The summed E-state index contributed by atoms with van der Waals surface area (Å²) in [5.74, 6) is 1.52. The molecule has 1 saturated heterocycles. The Morgan fingerprint density at radius 2 is 1.17 bits per heavy atom. The van der Waals surface area contributed by atoms with Crippen LogP contribution in [-0.4, -0.2) is 38.1 Å². The van der Waals surface area contributed by atoms with Crippen molar-refractivity contribution in [2.75, 3.05) is 20.8 Å². The van der Waals surface area contributed by atoms with Gasteiger partial charge < -0.3 is 24.1 Å². The number of aliphatic hydroxyl groups is 1. The minimum atomic E-state index is -0.992. The van der Waals surface area contributed by atoms with Crippen LogP contribution < -0.4 is 9.47 Å². The molecular formula is C42H36O5. The normalized spacial score (nSPS) is 18.3. The van der Waals surface area contributed by atoms with Gasteiger partial charge in [0.25, 0.3) is 0 Å². The summed E-state index contributed by atoms with van der Waals surface area (Å²) in [6.07, 6.45) is -1.00. The first-order chi connectivity index (χ1) is 23.1. The van der Waals surface area contributed by atoms with Gasteiger partial charge in [-0.1, -0.05) is 109 Å². The second kappa shape index (κ2) is 12.0. The number of rotatable bonds is 9. The number of methoxy groups -OCH3 is 2. The molecule has 0 amide bonds. The zero-order chi connectivity index (χ0) is 32.0. The molecule has 1 heterocycles. The summed E-state index contributed by atoms with van der Waals surface area (Å²) >= 11 is 0. The van der Waals surface area contributed by atoms with Gasteiger partial charge in [0.15, 0.2) is 0 Å². The fourth-order valence-electron chi connectivity index (χ4n) is 7.40. The lowest BCUT2D eigenvalue weighted by molar-refractivity contribution is -0.0826. The van der Waals surface area contributed by atoms with Crippen molar-refractivity contribution >= 4 is 32.3 Å². The van der Waals surface area contributed by atoms with Crippen molar-refractivity contribution in [3.05, 3.63) is 156 Å². The predicted octanol–water partition coefficient (Wildman–Crippen LogP) is 8.80. The van der Waals surface area contributed by atoms with Crippen LogP contribution in [0.3, 0.4) is 0 Å². The second-order valence-corrected chi connectivity index (χ2v) is 12.3. The molecule has 47 heavy (non-hydrogen) atoms. The molecule has 5 heteroatoms. The van der Waals surface area contributed by atoms with E-state index < -0.39 is 17.8 Å². The fourth-order valence-corrected chi connectivity index (χ4v) is 7.40. The lowest BCUT2D eigenvalue weighted by Crippen LogP contribution is -2.38. The quantitative estimate of drug-likeness (QED) is 0.129. The molecular weight excluding hydrogens is 584 g/mol. The van der Waals surface area contributed by atoms with Crippen LogP contribution >= 0.6 is 0 Å². The molecule has 3 atom stereocenters. The Morgan fingerprint density at radius 3 is 1.79 bits per heavy atom. The van der Waals surface area contributed by atoms with Crippen molar-refractivity contribution in [1.82, 2.24) is 0 Å². The van der Waals surface area contributed by atoms with Gasteiger partial charge in [-0.2, -0.15) is 0 Å². The lowest BCUT2D eigenvalue weighted by atomic mass is 9.80. The van der Waals surface area contributed by atoms with Crippen molar-refractivity contribution in [3.63, 3.8) is 0 Å². The van der Waals surface area contributed by atoms with Gasteiger partial charge in [-0.3, -0.25) is 0 Å². The van der Waals surface area contributed by atoms with Crippen molar-refractivity contribution in [2.24, 2.45) is 0 Å². The van der Waals surface area contributed by atoms with Gasteiger partial charge in [0.1, 0.15) is 23.2 Å². The van der Waals surface area contributed by atoms with Crippen molar-refractivity contribution < 1.29 is 24.1 Å². The van der Waals surface area contributed by atoms with E-state index in [1.165, 1.54) is 32.3 Å². The standard InChI is InChI=1S/C42H36O5/c1-44-33-19-15-31(16-20-33)42(30-9-4-3-5-10-30,32-17-21-34(45-2)22-18-32)46-26-39-37(43)25-38(47-39)35-23-13-29-12-11-27-7-6-8-28-14-24-36(35)41(29)40(27)28/h3-24,37-39,43H,25-26H2,1-2H3/t37-,38+,39+/m0/s1. The molecule has 0 aromatic heterocycles. The van der Waals surface area contributed by atoms with E-state index in [0.29, 0.717) is 6.42 Å². The van der Waals surface area contributed by atoms with E-state index in [2.05, 4.69) is 66.7 Å². The number of benzene rings is 7. The first-order valence-corrected chi connectivity index (χ1v) is 16.1. The Hall–Kier alpha value is -4.94. The summed E-state index contributed by atoms with van der Waals surface area (Å²) in [4.78, 5) is 0. The molecule has 234 valence electrons. The van der Waals surface area contributed by atoms with Crippen LogP contribution in [-0.2, 0) is 15.1 Å². The maximum absolute atomic E-state index is 11.5. The topological polar surface area (TPSA) is 57.2 Å². The molecule has 1 aliphatic heterocycles. The highest BCUT2D eigenvalue weighted by Crippen LogP contribution is 2.45. The molecule has 1 fully saturated rings.